The van der Waals surface area contributed by atoms with Gasteiger partial charge < -0.3 is 9.30 Å². The normalized spacial score (nSPS) is 9.96. The van der Waals surface area contributed by atoms with Crippen molar-refractivity contribution >= 4 is 11.7 Å². The number of hydrogen-bond donors (Lipinski definition) is 0. The zero-order valence-corrected chi connectivity index (χ0v) is 13.4. The summed E-state index contributed by atoms with van der Waals surface area (Å²) in [7, 11) is 0. The molecule has 5 heteroatoms. The highest BCUT2D eigenvalue weighted by molar-refractivity contribution is 5.77. The van der Waals surface area contributed by atoms with Crippen LogP contribution in [-0.2, 0) is 16.1 Å². The lowest BCUT2D eigenvalue weighted by molar-refractivity contribution is -0.143. The number of carbonyl (C=O) groups excluding carboxylic acids is 1. The summed E-state index contributed by atoms with van der Waals surface area (Å²) in [4.78, 5) is 15.2. The Hall–Kier alpha value is -3.05. The highest BCUT2D eigenvalue weighted by Crippen LogP contribution is 2.33. The minimum Gasteiger partial charge on any atom is -0.465 e. The monoisotopic (exact) mass is 307 g/mol. The zero-order chi connectivity index (χ0) is 17.0. The van der Waals surface area contributed by atoms with Gasteiger partial charge in [-0.05, 0) is 26.3 Å². The van der Waals surface area contributed by atoms with Gasteiger partial charge in [0.25, 0.3) is 0 Å². The molecular formula is C18H17N3O2. The summed E-state index contributed by atoms with van der Waals surface area (Å²) in [5.74, 6) is -0.326. The molecule has 2 rings (SSSR count). The van der Waals surface area contributed by atoms with Gasteiger partial charge in [0, 0.05) is 17.0 Å². The van der Waals surface area contributed by atoms with E-state index in [4.69, 9.17) is 11.3 Å². The second-order valence-electron chi connectivity index (χ2n) is 5.08. The molecule has 116 valence electrons. The van der Waals surface area contributed by atoms with Crippen LogP contribution in [0.5, 0.6) is 0 Å². The number of esters is 1. The van der Waals surface area contributed by atoms with Gasteiger partial charge in [-0.2, -0.15) is 5.26 Å². The molecular weight excluding hydrogens is 290 g/mol. The predicted molar refractivity (Wildman–Crippen MR) is 87.0 cm³/mol. The molecule has 0 radical (unpaired) electrons. The minimum absolute atomic E-state index is 0.0837. The number of nitriles is 1. The van der Waals surface area contributed by atoms with Crippen molar-refractivity contribution in [1.82, 2.24) is 4.57 Å². The molecule has 0 N–H and O–H groups in total. The summed E-state index contributed by atoms with van der Waals surface area (Å²) in [6, 6.07) is 9.32. The standard InChI is InChI=1S/C18H17N3O2/c1-5-23-17(22)11-21-12(2)16(10-19)18(13(21)3)14-6-8-15(20-4)9-7-14/h6-9H,5,11H2,1-3H3. The van der Waals surface area contributed by atoms with Crippen molar-refractivity contribution in [3.63, 3.8) is 0 Å². The average Bonchev–Trinajstić information content (AvgIpc) is 2.79. The molecule has 0 spiro atoms. The topological polar surface area (TPSA) is 59.4 Å². The Balaban J connectivity index is 2.53. The molecule has 0 bridgehead atoms. The summed E-state index contributed by atoms with van der Waals surface area (Å²) in [6.45, 7) is 12.9. The number of aromatic nitrogens is 1. The molecule has 0 amide bonds. The number of nitrogens with zero attached hydrogens (tertiary/aromatic N) is 3. The summed E-state index contributed by atoms with van der Waals surface area (Å²) >= 11 is 0. The Labute approximate surface area is 135 Å². The number of hydrogen-bond acceptors (Lipinski definition) is 3. The fourth-order valence-corrected chi connectivity index (χ4v) is 2.65. The molecule has 0 unspecified atom stereocenters. The molecule has 23 heavy (non-hydrogen) atoms. The third kappa shape index (κ3) is 3.09. The Morgan fingerprint density at radius 1 is 1.30 bits per heavy atom. The van der Waals surface area contributed by atoms with Gasteiger partial charge in [-0.3, -0.25) is 4.79 Å². The van der Waals surface area contributed by atoms with Crippen LogP contribution >= 0.6 is 0 Å². The van der Waals surface area contributed by atoms with Crippen molar-refractivity contribution in [1.29, 1.82) is 5.26 Å². The molecule has 0 aliphatic rings. The van der Waals surface area contributed by atoms with E-state index in [1.165, 1.54) is 0 Å². The lowest BCUT2D eigenvalue weighted by Gasteiger charge is -2.09. The lowest BCUT2D eigenvalue weighted by Crippen LogP contribution is -2.15. The Morgan fingerprint density at radius 2 is 1.96 bits per heavy atom. The summed E-state index contributed by atoms with van der Waals surface area (Å²) in [5, 5.41) is 9.51. The summed E-state index contributed by atoms with van der Waals surface area (Å²) < 4.78 is 6.80. The third-order valence-electron chi connectivity index (χ3n) is 3.77. The summed E-state index contributed by atoms with van der Waals surface area (Å²) in [5.41, 5.74) is 4.32. The van der Waals surface area contributed by atoms with E-state index in [0.29, 0.717) is 17.9 Å². The van der Waals surface area contributed by atoms with Crippen molar-refractivity contribution in [3.8, 4) is 17.2 Å². The van der Waals surface area contributed by atoms with Gasteiger partial charge in [0.1, 0.15) is 12.6 Å². The van der Waals surface area contributed by atoms with Gasteiger partial charge in [-0.15, -0.1) is 0 Å². The third-order valence-corrected chi connectivity index (χ3v) is 3.77. The molecule has 0 saturated carbocycles. The van der Waals surface area contributed by atoms with E-state index in [1.54, 1.807) is 23.6 Å². The Bertz CT molecular complexity index is 818. The van der Waals surface area contributed by atoms with Gasteiger partial charge in [0.15, 0.2) is 5.69 Å². The SMILES string of the molecule is [C-]#[N+]c1ccc(-c2c(C#N)c(C)n(CC(=O)OCC)c2C)cc1. The maximum absolute atomic E-state index is 11.8. The number of benzene rings is 1. The first-order valence-corrected chi connectivity index (χ1v) is 7.26. The minimum atomic E-state index is -0.326. The quantitative estimate of drug-likeness (QED) is 0.638. The Morgan fingerprint density at radius 3 is 2.48 bits per heavy atom. The number of rotatable bonds is 4. The van der Waals surface area contributed by atoms with E-state index < -0.39 is 0 Å². The maximum Gasteiger partial charge on any atom is 0.325 e. The van der Waals surface area contributed by atoms with Crippen molar-refractivity contribution in [2.75, 3.05) is 6.61 Å². The van der Waals surface area contributed by atoms with E-state index in [1.807, 2.05) is 26.0 Å². The van der Waals surface area contributed by atoms with Crippen LogP contribution in [0, 0.1) is 31.8 Å². The lowest BCUT2D eigenvalue weighted by atomic mass is 10.0. The fourth-order valence-electron chi connectivity index (χ4n) is 2.65. The average molecular weight is 307 g/mol. The van der Waals surface area contributed by atoms with E-state index in [2.05, 4.69) is 10.9 Å². The highest BCUT2D eigenvalue weighted by Gasteiger charge is 2.20. The summed E-state index contributed by atoms with van der Waals surface area (Å²) in [6.07, 6.45) is 0. The van der Waals surface area contributed by atoms with Gasteiger partial charge >= 0.3 is 5.97 Å². The second-order valence-corrected chi connectivity index (χ2v) is 5.08. The van der Waals surface area contributed by atoms with Gasteiger partial charge in [-0.1, -0.05) is 24.3 Å². The largest absolute Gasteiger partial charge is 0.465 e. The van der Waals surface area contributed by atoms with Crippen LogP contribution in [0.25, 0.3) is 16.0 Å². The van der Waals surface area contributed by atoms with E-state index in [9.17, 15) is 10.1 Å². The maximum atomic E-state index is 11.8. The van der Waals surface area contributed by atoms with Gasteiger partial charge in [-0.25, -0.2) is 4.85 Å². The molecule has 0 atom stereocenters. The highest BCUT2D eigenvalue weighted by atomic mass is 16.5. The van der Waals surface area contributed by atoms with Gasteiger partial charge in [0.05, 0.1) is 18.7 Å². The first-order valence-electron chi connectivity index (χ1n) is 7.26. The number of ether oxygens (including phenoxy) is 1. The van der Waals surface area contributed by atoms with Crippen LogP contribution in [0.2, 0.25) is 0 Å². The van der Waals surface area contributed by atoms with Crippen LogP contribution in [0.1, 0.15) is 23.9 Å². The Kier molecular flexibility index (Phi) is 4.83. The molecule has 0 fully saturated rings. The smallest absolute Gasteiger partial charge is 0.325 e. The van der Waals surface area contributed by atoms with Crippen molar-refractivity contribution < 1.29 is 9.53 Å². The van der Waals surface area contributed by atoms with E-state index in [-0.39, 0.29) is 12.5 Å². The molecule has 0 saturated heterocycles. The first kappa shape index (κ1) is 16.3. The van der Waals surface area contributed by atoms with E-state index in [0.717, 1.165) is 22.5 Å². The van der Waals surface area contributed by atoms with Crippen molar-refractivity contribution in [2.45, 2.75) is 27.3 Å². The van der Waals surface area contributed by atoms with Crippen LogP contribution < -0.4 is 0 Å². The van der Waals surface area contributed by atoms with Crippen LogP contribution in [0.3, 0.4) is 0 Å². The predicted octanol–water partition coefficient (Wildman–Crippen LogP) is 3.76. The van der Waals surface area contributed by atoms with Crippen LogP contribution in [-0.4, -0.2) is 17.1 Å². The molecule has 0 aliphatic heterocycles. The molecule has 2 aromatic rings. The van der Waals surface area contributed by atoms with Crippen LogP contribution in [0.4, 0.5) is 5.69 Å². The second kappa shape index (κ2) is 6.81. The van der Waals surface area contributed by atoms with Gasteiger partial charge in [0.2, 0.25) is 0 Å². The van der Waals surface area contributed by atoms with Crippen LogP contribution in [0.15, 0.2) is 24.3 Å². The van der Waals surface area contributed by atoms with E-state index >= 15 is 0 Å². The molecule has 1 aromatic heterocycles. The fraction of sp³-hybridized carbons (Fsp3) is 0.278. The molecule has 1 heterocycles. The van der Waals surface area contributed by atoms with Crippen molar-refractivity contribution in [3.05, 3.63) is 52.6 Å². The first-order chi connectivity index (χ1) is 11.0. The molecule has 1 aromatic carbocycles. The van der Waals surface area contributed by atoms with Crippen molar-refractivity contribution in [2.24, 2.45) is 0 Å². The number of carbonyl (C=O) groups is 1. The zero-order valence-electron chi connectivity index (χ0n) is 13.4. The molecule has 5 nitrogen and oxygen atoms in total. The molecule has 0 aliphatic carbocycles.